The average Bonchev–Trinajstić information content (AvgIpc) is 3.06. The van der Waals surface area contributed by atoms with E-state index in [9.17, 15) is 14.4 Å². The van der Waals surface area contributed by atoms with E-state index in [-0.39, 0.29) is 17.4 Å². The van der Waals surface area contributed by atoms with Crippen LogP contribution in [-0.4, -0.2) is 54.7 Å². The molecule has 9 heteroatoms. The van der Waals surface area contributed by atoms with E-state index in [0.29, 0.717) is 49.9 Å². The number of aromatic nitrogens is 2. The van der Waals surface area contributed by atoms with Crippen molar-refractivity contribution in [1.29, 1.82) is 0 Å². The smallest absolute Gasteiger partial charge is 0.251 e. The van der Waals surface area contributed by atoms with E-state index in [1.807, 2.05) is 72.2 Å². The van der Waals surface area contributed by atoms with Crippen molar-refractivity contribution in [2.75, 3.05) is 48.0 Å². The summed E-state index contributed by atoms with van der Waals surface area (Å²) in [5.74, 6) is 0.172. The van der Waals surface area contributed by atoms with Crippen molar-refractivity contribution in [3.8, 4) is 5.75 Å². The zero-order chi connectivity index (χ0) is 29.9. The van der Waals surface area contributed by atoms with Gasteiger partial charge in [-0.05, 0) is 69.0 Å². The minimum atomic E-state index is -1.15. The summed E-state index contributed by atoms with van der Waals surface area (Å²) >= 11 is 0. The van der Waals surface area contributed by atoms with E-state index in [0.717, 1.165) is 23.0 Å². The van der Waals surface area contributed by atoms with E-state index in [2.05, 4.69) is 9.88 Å². The molecule has 218 valence electrons. The molecule has 0 bridgehead atoms. The fraction of sp³-hybridized carbons (Fsp3) is 0.333. The second-order valence-electron chi connectivity index (χ2n) is 11.0. The molecule has 4 aromatic rings. The highest BCUT2D eigenvalue weighted by Gasteiger charge is 2.45. The molecular formula is C33H37N5O4. The summed E-state index contributed by atoms with van der Waals surface area (Å²) in [7, 11) is 1.70. The van der Waals surface area contributed by atoms with Crippen LogP contribution in [0.15, 0.2) is 83.9 Å². The summed E-state index contributed by atoms with van der Waals surface area (Å²) in [5, 5.41) is 1.03. The molecule has 5 rings (SSSR count). The number of pyridine rings is 2. The Hall–Kier alpha value is -4.66. The summed E-state index contributed by atoms with van der Waals surface area (Å²) in [4.78, 5) is 48.6. The Kier molecular flexibility index (Phi) is 8.29. The summed E-state index contributed by atoms with van der Waals surface area (Å²) in [5.41, 5.74) is 2.11. The molecule has 0 unspecified atom stereocenters. The number of amides is 2. The van der Waals surface area contributed by atoms with Crippen molar-refractivity contribution in [2.45, 2.75) is 33.7 Å². The van der Waals surface area contributed by atoms with Crippen molar-refractivity contribution in [2.24, 2.45) is 5.41 Å². The van der Waals surface area contributed by atoms with Gasteiger partial charge >= 0.3 is 0 Å². The van der Waals surface area contributed by atoms with Crippen LogP contribution in [0, 0.1) is 5.41 Å². The number of para-hydroxylation sites is 1. The first kappa shape index (κ1) is 28.9. The number of anilines is 3. The SMILES string of the molecule is CCN1C(=O)C(C)(C)C(=O)N(C)c2cc(OCCCN(CCn3c(=O)ccc4ccccc43)c3ccncc3)ccc21. The average molecular weight is 568 g/mol. The zero-order valence-electron chi connectivity index (χ0n) is 24.6. The molecule has 1 aliphatic rings. The second kappa shape index (κ2) is 12.1. The van der Waals surface area contributed by atoms with Gasteiger partial charge in [0.25, 0.3) is 5.56 Å². The molecule has 0 radical (unpaired) electrons. The third-order valence-corrected chi connectivity index (χ3v) is 7.90. The van der Waals surface area contributed by atoms with E-state index in [1.54, 1.807) is 49.2 Å². The Labute approximate surface area is 245 Å². The predicted octanol–water partition coefficient (Wildman–Crippen LogP) is 4.73. The number of nitrogens with zero attached hydrogens (tertiary/aromatic N) is 5. The molecule has 0 saturated carbocycles. The molecule has 3 heterocycles. The molecule has 1 aliphatic heterocycles. The molecule has 2 aromatic heterocycles. The van der Waals surface area contributed by atoms with Crippen molar-refractivity contribution in [3.63, 3.8) is 0 Å². The van der Waals surface area contributed by atoms with E-state index >= 15 is 0 Å². The second-order valence-corrected chi connectivity index (χ2v) is 11.0. The van der Waals surface area contributed by atoms with Gasteiger partial charge in [0.15, 0.2) is 0 Å². The third-order valence-electron chi connectivity index (χ3n) is 7.90. The highest BCUT2D eigenvalue weighted by atomic mass is 16.5. The van der Waals surface area contributed by atoms with Crippen LogP contribution in [0.2, 0.25) is 0 Å². The van der Waals surface area contributed by atoms with Crippen molar-refractivity contribution < 1.29 is 14.3 Å². The third kappa shape index (κ3) is 5.59. The van der Waals surface area contributed by atoms with Gasteiger partial charge in [-0.2, -0.15) is 0 Å². The van der Waals surface area contributed by atoms with Crippen LogP contribution in [-0.2, 0) is 16.1 Å². The molecule has 0 aliphatic carbocycles. The Morgan fingerprint density at radius 3 is 2.40 bits per heavy atom. The first-order valence-electron chi connectivity index (χ1n) is 14.3. The number of carbonyl (C=O) groups is 2. The highest BCUT2D eigenvalue weighted by Crippen LogP contribution is 2.40. The maximum atomic E-state index is 13.1. The fourth-order valence-electron chi connectivity index (χ4n) is 5.54. The van der Waals surface area contributed by atoms with Crippen LogP contribution in [0.3, 0.4) is 0 Å². The molecule has 2 amide bonds. The van der Waals surface area contributed by atoms with E-state index < -0.39 is 5.41 Å². The largest absolute Gasteiger partial charge is 0.493 e. The van der Waals surface area contributed by atoms with Crippen LogP contribution in [0.5, 0.6) is 5.75 Å². The predicted molar refractivity (Wildman–Crippen MR) is 166 cm³/mol. The lowest BCUT2D eigenvalue weighted by molar-refractivity contribution is -0.137. The number of ether oxygens (including phenoxy) is 1. The van der Waals surface area contributed by atoms with Crippen LogP contribution in [0.25, 0.3) is 10.9 Å². The lowest BCUT2D eigenvalue weighted by atomic mass is 9.90. The van der Waals surface area contributed by atoms with Crippen molar-refractivity contribution in [1.82, 2.24) is 9.55 Å². The zero-order valence-corrected chi connectivity index (χ0v) is 24.6. The number of fused-ring (bicyclic) bond motifs is 2. The normalized spacial score (nSPS) is 14.6. The first-order valence-corrected chi connectivity index (χ1v) is 14.3. The number of carbonyl (C=O) groups excluding carboxylic acids is 2. The summed E-state index contributed by atoms with van der Waals surface area (Å²) in [6, 6.07) is 20.9. The lowest BCUT2D eigenvalue weighted by Gasteiger charge is -2.27. The van der Waals surface area contributed by atoms with Crippen LogP contribution in [0.4, 0.5) is 17.1 Å². The standard InChI is InChI=1S/C33H37N5O4/c1-5-37-28-13-12-26(23-29(28)35(4)31(40)33(2,3)32(37)41)42-22-8-19-36(25-15-17-34-18-16-25)20-21-38-27-10-7-6-9-24(27)11-14-30(38)39/h6-7,9-18,23H,5,8,19-22H2,1-4H3. The van der Waals surface area contributed by atoms with Gasteiger partial charge in [0.2, 0.25) is 11.8 Å². The monoisotopic (exact) mass is 567 g/mol. The van der Waals surface area contributed by atoms with Gasteiger partial charge in [-0.1, -0.05) is 18.2 Å². The summed E-state index contributed by atoms with van der Waals surface area (Å²) in [6.07, 6.45) is 4.26. The Morgan fingerprint density at radius 2 is 1.64 bits per heavy atom. The molecular weight excluding hydrogens is 530 g/mol. The van der Waals surface area contributed by atoms with Gasteiger partial charge in [-0.25, -0.2) is 0 Å². The van der Waals surface area contributed by atoms with Crippen molar-refractivity contribution >= 4 is 39.8 Å². The molecule has 42 heavy (non-hydrogen) atoms. The van der Waals surface area contributed by atoms with Crippen LogP contribution in [0.1, 0.15) is 27.2 Å². The summed E-state index contributed by atoms with van der Waals surface area (Å²) < 4.78 is 7.95. The van der Waals surface area contributed by atoms with Gasteiger partial charge in [0, 0.05) is 63.4 Å². The number of hydrogen-bond acceptors (Lipinski definition) is 6. The maximum absolute atomic E-state index is 13.1. The molecule has 0 spiro atoms. The minimum absolute atomic E-state index is 0.0231. The van der Waals surface area contributed by atoms with Crippen molar-refractivity contribution in [3.05, 3.63) is 89.5 Å². The van der Waals surface area contributed by atoms with Gasteiger partial charge in [-0.15, -0.1) is 0 Å². The van der Waals surface area contributed by atoms with E-state index in [1.165, 1.54) is 0 Å². The van der Waals surface area contributed by atoms with Crippen LogP contribution < -0.4 is 25.0 Å². The number of rotatable bonds is 10. The maximum Gasteiger partial charge on any atom is 0.251 e. The number of benzene rings is 2. The van der Waals surface area contributed by atoms with Gasteiger partial charge in [0.1, 0.15) is 11.2 Å². The molecule has 0 atom stereocenters. The van der Waals surface area contributed by atoms with E-state index in [4.69, 9.17) is 4.74 Å². The van der Waals surface area contributed by atoms with Gasteiger partial charge in [0.05, 0.1) is 23.5 Å². The Bertz CT molecular complexity index is 1650. The van der Waals surface area contributed by atoms with Gasteiger partial charge in [-0.3, -0.25) is 19.4 Å². The van der Waals surface area contributed by atoms with Gasteiger partial charge < -0.3 is 24.0 Å². The Balaban J connectivity index is 1.28. The molecule has 9 nitrogen and oxygen atoms in total. The Morgan fingerprint density at radius 1 is 0.881 bits per heavy atom. The highest BCUT2D eigenvalue weighted by molar-refractivity contribution is 6.20. The fourth-order valence-corrected chi connectivity index (χ4v) is 5.54. The summed E-state index contributed by atoms with van der Waals surface area (Å²) in [6.45, 7) is 8.05. The lowest BCUT2D eigenvalue weighted by Crippen LogP contribution is -2.47. The quantitative estimate of drug-likeness (QED) is 0.203. The molecule has 0 fully saturated rings. The molecule has 0 saturated heterocycles. The minimum Gasteiger partial charge on any atom is -0.493 e. The molecule has 2 aromatic carbocycles. The topological polar surface area (TPSA) is 88.0 Å². The van der Waals surface area contributed by atoms with Crippen LogP contribution >= 0.6 is 0 Å². The molecule has 0 N–H and O–H groups in total. The first-order chi connectivity index (χ1) is 20.2. The number of hydrogen-bond donors (Lipinski definition) is 0.